The predicted molar refractivity (Wildman–Crippen MR) is 87.8 cm³/mol. The lowest BCUT2D eigenvalue weighted by atomic mass is 10.2. The Morgan fingerprint density at radius 3 is 2.59 bits per heavy atom. The van der Waals surface area contributed by atoms with Crippen molar-refractivity contribution in [3.05, 3.63) is 41.4 Å². The maximum absolute atomic E-state index is 12.3. The minimum Gasteiger partial charge on any atom is -0.352 e. The van der Waals surface area contributed by atoms with E-state index in [1.54, 1.807) is 12.4 Å². The van der Waals surface area contributed by atoms with Crippen LogP contribution < -0.4 is 5.32 Å². The largest absolute Gasteiger partial charge is 0.352 e. The van der Waals surface area contributed by atoms with Gasteiger partial charge in [-0.1, -0.05) is 30.3 Å². The third kappa shape index (κ3) is 4.14. The van der Waals surface area contributed by atoms with Crippen molar-refractivity contribution >= 4 is 23.2 Å². The van der Waals surface area contributed by atoms with Crippen LogP contribution in [0, 0.1) is 0 Å². The van der Waals surface area contributed by atoms with Gasteiger partial charge in [-0.3, -0.25) is 9.59 Å². The van der Waals surface area contributed by atoms with Gasteiger partial charge in [0.25, 0.3) is 5.91 Å². The van der Waals surface area contributed by atoms with E-state index in [0.29, 0.717) is 5.69 Å². The van der Waals surface area contributed by atoms with E-state index < -0.39 is 0 Å². The molecule has 0 aliphatic heterocycles. The summed E-state index contributed by atoms with van der Waals surface area (Å²) in [5, 5.41) is 5.28. The van der Waals surface area contributed by atoms with E-state index in [4.69, 9.17) is 0 Å². The summed E-state index contributed by atoms with van der Waals surface area (Å²) in [6.07, 6.45) is 0. The highest BCUT2D eigenvalue weighted by Crippen LogP contribution is 2.23. The molecular weight excluding hydrogens is 298 g/mol. The zero-order valence-corrected chi connectivity index (χ0v) is 13.7. The van der Waals surface area contributed by atoms with Crippen LogP contribution >= 0.6 is 11.3 Å². The molecule has 22 heavy (non-hydrogen) atoms. The molecule has 1 aromatic heterocycles. The Morgan fingerprint density at radius 1 is 1.27 bits per heavy atom. The quantitative estimate of drug-likeness (QED) is 0.921. The molecule has 116 valence electrons. The lowest BCUT2D eigenvalue weighted by Crippen LogP contribution is -2.40. The molecule has 0 bridgehead atoms. The van der Waals surface area contributed by atoms with E-state index in [0.717, 1.165) is 10.6 Å². The number of likely N-dealkylation sites (N-methyl/N-ethyl adjacent to an activating group) is 1. The van der Waals surface area contributed by atoms with Crippen LogP contribution in [0.15, 0.2) is 35.7 Å². The highest BCUT2D eigenvalue weighted by molar-refractivity contribution is 7.13. The first-order valence-electron chi connectivity index (χ1n) is 7.03. The Balaban J connectivity index is 2.04. The minimum absolute atomic E-state index is 0.0230. The predicted octanol–water partition coefficient (Wildman–Crippen LogP) is 2.41. The van der Waals surface area contributed by atoms with Gasteiger partial charge in [0.2, 0.25) is 5.91 Å². The van der Waals surface area contributed by atoms with E-state index in [2.05, 4.69) is 10.3 Å². The molecule has 1 heterocycles. The van der Waals surface area contributed by atoms with Crippen molar-refractivity contribution < 1.29 is 9.59 Å². The summed E-state index contributed by atoms with van der Waals surface area (Å²) in [4.78, 5) is 29.7. The van der Waals surface area contributed by atoms with Gasteiger partial charge >= 0.3 is 0 Å². The first kappa shape index (κ1) is 16.2. The third-order valence-corrected chi connectivity index (χ3v) is 3.81. The van der Waals surface area contributed by atoms with Gasteiger partial charge in [0.1, 0.15) is 10.7 Å². The van der Waals surface area contributed by atoms with Crippen LogP contribution in [0.5, 0.6) is 0 Å². The average molecular weight is 317 g/mol. The van der Waals surface area contributed by atoms with E-state index in [-0.39, 0.29) is 24.4 Å². The summed E-state index contributed by atoms with van der Waals surface area (Å²) in [6.45, 7) is 3.79. The summed E-state index contributed by atoms with van der Waals surface area (Å²) < 4.78 is 0. The number of thiazole rings is 1. The van der Waals surface area contributed by atoms with Gasteiger partial charge in [-0.25, -0.2) is 4.98 Å². The Kier molecular flexibility index (Phi) is 5.27. The fourth-order valence-corrected chi connectivity index (χ4v) is 2.74. The van der Waals surface area contributed by atoms with E-state index in [1.807, 2.05) is 44.2 Å². The molecule has 1 N–H and O–H groups in total. The number of nitrogens with one attached hydrogen (secondary N) is 1. The summed E-state index contributed by atoms with van der Waals surface area (Å²) >= 11 is 1.42. The third-order valence-electron chi connectivity index (χ3n) is 2.92. The molecule has 2 rings (SSSR count). The number of benzene rings is 1. The highest BCUT2D eigenvalue weighted by Gasteiger charge is 2.18. The van der Waals surface area contributed by atoms with Crippen molar-refractivity contribution in [1.82, 2.24) is 15.2 Å². The molecule has 0 saturated carbocycles. The van der Waals surface area contributed by atoms with Crippen molar-refractivity contribution in [2.75, 3.05) is 13.6 Å². The van der Waals surface area contributed by atoms with Gasteiger partial charge in [-0.05, 0) is 13.8 Å². The van der Waals surface area contributed by atoms with Gasteiger partial charge in [-0.15, -0.1) is 11.3 Å². The molecule has 6 heteroatoms. The maximum atomic E-state index is 12.3. The van der Waals surface area contributed by atoms with Crippen LogP contribution in [0.1, 0.15) is 24.3 Å². The number of carbonyl (C=O) groups excluding carboxylic acids is 2. The average Bonchev–Trinajstić information content (AvgIpc) is 2.96. The first-order chi connectivity index (χ1) is 10.5. The second-order valence-electron chi connectivity index (χ2n) is 5.29. The number of hydrogen-bond donors (Lipinski definition) is 1. The second-order valence-corrected chi connectivity index (χ2v) is 6.15. The van der Waals surface area contributed by atoms with Crippen LogP contribution in [-0.4, -0.2) is 41.3 Å². The zero-order chi connectivity index (χ0) is 16.1. The van der Waals surface area contributed by atoms with Crippen molar-refractivity contribution in [3.63, 3.8) is 0 Å². The molecule has 0 unspecified atom stereocenters. The molecule has 0 aliphatic carbocycles. The van der Waals surface area contributed by atoms with Gasteiger partial charge in [0.05, 0.1) is 6.54 Å². The van der Waals surface area contributed by atoms with Gasteiger partial charge < -0.3 is 10.2 Å². The zero-order valence-electron chi connectivity index (χ0n) is 12.9. The molecule has 1 aromatic carbocycles. The first-order valence-corrected chi connectivity index (χ1v) is 7.91. The topological polar surface area (TPSA) is 62.3 Å². The number of rotatable bonds is 5. The van der Waals surface area contributed by atoms with Crippen LogP contribution in [0.4, 0.5) is 0 Å². The van der Waals surface area contributed by atoms with E-state index >= 15 is 0 Å². The molecule has 5 nitrogen and oxygen atoms in total. The summed E-state index contributed by atoms with van der Waals surface area (Å²) in [5.41, 5.74) is 1.34. The van der Waals surface area contributed by atoms with Crippen molar-refractivity contribution in [2.45, 2.75) is 19.9 Å². The van der Waals surface area contributed by atoms with Crippen molar-refractivity contribution in [2.24, 2.45) is 0 Å². The molecule has 0 aliphatic rings. The fourth-order valence-electron chi connectivity index (χ4n) is 1.94. The normalized spacial score (nSPS) is 10.5. The number of nitrogens with zero attached hydrogens (tertiary/aromatic N) is 2. The summed E-state index contributed by atoms with van der Waals surface area (Å²) in [5.74, 6) is -0.429. The van der Waals surface area contributed by atoms with Crippen LogP contribution in [-0.2, 0) is 4.79 Å². The van der Waals surface area contributed by atoms with Crippen LogP contribution in [0.3, 0.4) is 0 Å². The van der Waals surface area contributed by atoms with Gasteiger partial charge in [-0.2, -0.15) is 0 Å². The number of amides is 2. The fraction of sp³-hybridized carbons (Fsp3) is 0.312. The molecule has 0 radical (unpaired) electrons. The lowest BCUT2D eigenvalue weighted by Gasteiger charge is -2.16. The second kappa shape index (κ2) is 7.17. The molecule has 0 atom stereocenters. The number of aromatic nitrogens is 1. The van der Waals surface area contributed by atoms with E-state index in [9.17, 15) is 9.59 Å². The molecule has 2 amide bonds. The van der Waals surface area contributed by atoms with Crippen molar-refractivity contribution in [1.29, 1.82) is 0 Å². The Bertz CT molecular complexity index is 652. The lowest BCUT2D eigenvalue weighted by molar-refractivity contribution is -0.122. The molecule has 0 fully saturated rings. The maximum Gasteiger partial charge on any atom is 0.273 e. The summed E-state index contributed by atoms with van der Waals surface area (Å²) in [6, 6.07) is 9.76. The van der Waals surface area contributed by atoms with E-state index in [1.165, 1.54) is 16.2 Å². The Labute approximate surface area is 134 Å². The smallest absolute Gasteiger partial charge is 0.273 e. The number of carbonyl (C=O) groups is 2. The monoisotopic (exact) mass is 317 g/mol. The van der Waals surface area contributed by atoms with Gasteiger partial charge in [0.15, 0.2) is 0 Å². The SMILES string of the molecule is CC(C)NC(=O)CN(C)C(=O)c1csc(-c2ccccc2)n1. The standard InChI is InChI=1S/C16H19N3O2S/c1-11(2)17-14(20)9-19(3)16(21)13-10-22-15(18-13)12-7-5-4-6-8-12/h4-8,10-11H,9H2,1-3H3,(H,17,20). The van der Waals surface area contributed by atoms with Crippen LogP contribution in [0.2, 0.25) is 0 Å². The van der Waals surface area contributed by atoms with Crippen LogP contribution in [0.25, 0.3) is 10.6 Å². The molecule has 0 spiro atoms. The Hall–Kier alpha value is -2.21. The minimum atomic E-state index is -0.252. The van der Waals surface area contributed by atoms with Gasteiger partial charge in [0, 0.05) is 24.0 Å². The molecule has 0 saturated heterocycles. The molecule has 2 aromatic rings. The van der Waals surface area contributed by atoms with Crippen molar-refractivity contribution in [3.8, 4) is 10.6 Å². The number of hydrogen-bond acceptors (Lipinski definition) is 4. The highest BCUT2D eigenvalue weighted by atomic mass is 32.1. The summed E-state index contributed by atoms with van der Waals surface area (Å²) in [7, 11) is 1.60. The Morgan fingerprint density at radius 2 is 1.95 bits per heavy atom. The molecular formula is C16H19N3O2S.